The van der Waals surface area contributed by atoms with Crippen LogP contribution in [0, 0.1) is 0 Å². The van der Waals surface area contributed by atoms with Gasteiger partial charge in [0.1, 0.15) is 0 Å². The van der Waals surface area contributed by atoms with E-state index in [-0.39, 0.29) is 5.41 Å². The Morgan fingerprint density at radius 3 is 1.51 bits per heavy atom. The zero-order valence-corrected chi connectivity index (χ0v) is 41.7. The largest absolute Gasteiger partial charge is 0.310 e. The fourth-order valence-corrected chi connectivity index (χ4v) is 12.3. The van der Waals surface area contributed by atoms with Crippen LogP contribution < -0.4 is 4.90 Å². The monoisotopic (exact) mass is 953 g/mol. The summed E-state index contributed by atoms with van der Waals surface area (Å²) in [4.78, 5) is 2.49. The van der Waals surface area contributed by atoms with Crippen LogP contribution in [0.15, 0.2) is 291 Å². The molecule has 13 aromatic rings. The number of rotatable bonds is 9. The molecule has 1 aliphatic carbocycles. The van der Waals surface area contributed by atoms with Crippen LogP contribution in [0.1, 0.15) is 23.6 Å². The summed E-state index contributed by atoms with van der Waals surface area (Å²) < 4.78 is 0. The molecule has 0 fully saturated rings. The first-order valence-corrected chi connectivity index (χ1v) is 26.1. The van der Waals surface area contributed by atoms with E-state index < -0.39 is 0 Å². The molecule has 0 saturated heterocycles. The molecule has 1 unspecified atom stereocenters. The van der Waals surface area contributed by atoms with Crippen LogP contribution in [0.5, 0.6) is 0 Å². The second-order valence-electron chi connectivity index (χ2n) is 20.1. The third-order valence-electron chi connectivity index (χ3n) is 15.9. The topological polar surface area (TPSA) is 3.24 Å². The maximum atomic E-state index is 2.49. The Bertz CT molecular complexity index is 4270. The van der Waals surface area contributed by atoms with Gasteiger partial charge in [0.2, 0.25) is 0 Å². The van der Waals surface area contributed by atoms with Crippen molar-refractivity contribution in [1.29, 1.82) is 0 Å². The highest BCUT2D eigenvalue weighted by Gasteiger charge is 2.42. The number of fused-ring (bicyclic) bond motifs is 7. The summed E-state index contributed by atoms with van der Waals surface area (Å²) in [7, 11) is 0. The highest BCUT2D eigenvalue weighted by atomic mass is 15.1. The van der Waals surface area contributed by atoms with Crippen LogP contribution in [-0.4, -0.2) is 0 Å². The first-order chi connectivity index (χ1) is 37.1. The Balaban J connectivity index is 0.937. The van der Waals surface area contributed by atoms with E-state index in [1.165, 1.54) is 110 Å². The average molecular weight is 954 g/mol. The minimum Gasteiger partial charge on any atom is -0.310 e. The van der Waals surface area contributed by atoms with Gasteiger partial charge in [0.05, 0.1) is 5.69 Å². The van der Waals surface area contributed by atoms with Crippen molar-refractivity contribution >= 4 is 49.4 Å². The van der Waals surface area contributed by atoms with Crippen LogP contribution in [0.3, 0.4) is 0 Å². The molecule has 13 aromatic carbocycles. The van der Waals surface area contributed by atoms with Crippen molar-refractivity contribution in [1.82, 2.24) is 0 Å². The predicted molar refractivity (Wildman–Crippen MR) is 318 cm³/mol. The van der Waals surface area contributed by atoms with E-state index in [9.17, 15) is 0 Å². The lowest BCUT2D eigenvalue weighted by atomic mass is 9.74. The molecule has 0 saturated carbocycles. The van der Waals surface area contributed by atoms with E-state index in [1.807, 2.05) is 0 Å². The standard InChI is InChI=1S/C74H51N/c1-74(58-27-9-4-10-28-58)68-35-16-15-33-66(68)73-69(74)36-19-37-70(73)75(59-45-42-51(43-46-59)50-38-40-53(41-39-50)62-34-18-25-52-20-11-12-30-61(52)62)60-29-17-26-56(48-60)57-44-47-64-63-31-13-14-32-65(63)71(54-21-5-2-6-22-54)72(67(64)49-57)55-23-7-3-8-24-55/h2-49H,1H3. The van der Waals surface area contributed by atoms with E-state index in [0.29, 0.717) is 0 Å². The third-order valence-corrected chi connectivity index (χ3v) is 15.9. The van der Waals surface area contributed by atoms with E-state index >= 15 is 0 Å². The Hall–Kier alpha value is -9.56. The molecule has 0 aromatic heterocycles. The molecule has 0 bridgehead atoms. The van der Waals surface area contributed by atoms with Crippen molar-refractivity contribution in [2.24, 2.45) is 0 Å². The van der Waals surface area contributed by atoms with Crippen LogP contribution >= 0.6 is 0 Å². The summed E-state index contributed by atoms with van der Waals surface area (Å²) >= 11 is 0. The summed E-state index contributed by atoms with van der Waals surface area (Å²) in [6.07, 6.45) is 0. The SMILES string of the molecule is CC1(c2ccccc2)c2ccccc2-c2c(N(c3ccc(-c4ccc(-c5cccc6ccccc56)cc4)cc3)c3cccc(-c4ccc5c(c4)c(-c4ccccc4)c(-c4ccccc4)c4ccccc45)c3)cccc21. The van der Waals surface area contributed by atoms with Crippen LogP contribution in [0.2, 0.25) is 0 Å². The van der Waals surface area contributed by atoms with E-state index in [4.69, 9.17) is 0 Å². The van der Waals surface area contributed by atoms with E-state index in [2.05, 4.69) is 303 Å². The first kappa shape index (κ1) is 44.2. The summed E-state index contributed by atoms with van der Waals surface area (Å²) in [6.45, 7) is 2.40. The second-order valence-corrected chi connectivity index (χ2v) is 20.1. The smallest absolute Gasteiger partial charge is 0.0543 e. The molecule has 0 radical (unpaired) electrons. The molecule has 0 aliphatic heterocycles. The van der Waals surface area contributed by atoms with Gasteiger partial charge in [0.25, 0.3) is 0 Å². The lowest BCUT2D eigenvalue weighted by molar-refractivity contribution is 0.714. The van der Waals surface area contributed by atoms with Crippen molar-refractivity contribution in [2.45, 2.75) is 12.3 Å². The number of nitrogens with zero attached hydrogens (tertiary/aromatic N) is 1. The third kappa shape index (κ3) is 7.39. The van der Waals surface area contributed by atoms with Gasteiger partial charge in [-0.3, -0.25) is 0 Å². The lowest BCUT2D eigenvalue weighted by Crippen LogP contribution is -2.22. The quantitative estimate of drug-likeness (QED) is 0.130. The van der Waals surface area contributed by atoms with Gasteiger partial charge in [-0.1, -0.05) is 255 Å². The molecule has 14 rings (SSSR count). The molecule has 1 nitrogen and oxygen atoms in total. The van der Waals surface area contributed by atoms with E-state index in [0.717, 1.165) is 22.6 Å². The number of hydrogen-bond donors (Lipinski definition) is 0. The van der Waals surface area contributed by atoms with Crippen molar-refractivity contribution in [3.05, 3.63) is 308 Å². The lowest BCUT2D eigenvalue weighted by Gasteiger charge is -2.31. The summed E-state index contributed by atoms with van der Waals surface area (Å²) in [6, 6.07) is 107. The number of hydrogen-bond acceptors (Lipinski definition) is 1. The van der Waals surface area contributed by atoms with Gasteiger partial charge in [-0.05, 0) is 154 Å². The Labute approximate surface area is 438 Å². The zero-order valence-electron chi connectivity index (χ0n) is 41.7. The predicted octanol–water partition coefficient (Wildman–Crippen LogP) is 20.3. The highest BCUT2D eigenvalue weighted by molar-refractivity contribution is 6.22. The van der Waals surface area contributed by atoms with Crippen molar-refractivity contribution < 1.29 is 0 Å². The maximum absolute atomic E-state index is 2.49. The minimum absolute atomic E-state index is 0.344. The van der Waals surface area contributed by atoms with Crippen molar-refractivity contribution in [2.75, 3.05) is 4.90 Å². The molecule has 75 heavy (non-hydrogen) atoms. The average Bonchev–Trinajstić information content (AvgIpc) is 3.80. The van der Waals surface area contributed by atoms with Gasteiger partial charge in [-0.2, -0.15) is 0 Å². The van der Waals surface area contributed by atoms with Crippen LogP contribution in [0.4, 0.5) is 17.1 Å². The maximum Gasteiger partial charge on any atom is 0.0543 e. The highest BCUT2D eigenvalue weighted by Crippen LogP contribution is 2.57. The van der Waals surface area contributed by atoms with Gasteiger partial charge in [0, 0.05) is 22.4 Å². The fraction of sp³-hybridized carbons (Fsp3) is 0.0270. The summed E-state index contributed by atoms with van der Waals surface area (Å²) in [5.74, 6) is 0. The number of anilines is 3. The molecule has 1 atom stereocenters. The fourth-order valence-electron chi connectivity index (χ4n) is 12.3. The first-order valence-electron chi connectivity index (χ1n) is 26.1. The van der Waals surface area contributed by atoms with Crippen molar-refractivity contribution in [3.8, 4) is 66.8 Å². The molecule has 1 heteroatoms. The molecule has 1 aliphatic rings. The molecule has 0 heterocycles. The molecule has 0 N–H and O–H groups in total. The molecule has 0 spiro atoms. The van der Waals surface area contributed by atoms with Gasteiger partial charge in [0.15, 0.2) is 0 Å². The minimum atomic E-state index is -0.344. The molecular weight excluding hydrogens is 903 g/mol. The van der Waals surface area contributed by atoms with Gasteiger partial charge < -0.3 is 4.90 Å². The van der Waals surface area contributed by atoms with Gasteiger partial charge in [-0.15, -0.1) is 0 Å². The molecule has 0 amide bonds. The summed E-state index contributed by atoms with van der Waals surface area (Å²) in [5, 5.41) is 7.50. The van der Waals surface area contributed by atoms with Crippen molar-refractivity contribution in [3.63, 3.8) is 0 Å². The Morgan fingerprint density at radius 1 is 0.267 bits per heavy atom. The second kappa shape index (κ2) is 18.2. The molecular formula is C74H51N. The Kier molecular flexibility index (Phi) is 10.7. The van der Waals surface area contributed by atoms with Crippen LogP contribution in [-0.2, 0) is 5.41 Å². The van der Waals surface area contributed by atoms with Gasteiger partial charge in [-0.25, -0.2) is 0 Å². The normalized spacial score (nSPS) is 13.7. The molecule has 352 valence electrons. The van der Waals surface area contributed by atoms with E-state index in [1.54, 1.807) is 0 Å². The van der Waals surface area contributed by atoms with Crippen LogP contribution in [0.25, 0.3) is 99.1 Å². The zero-order chi connectivity index (χ0) is 49.9. The van der Waals surface area contributed by atoms with Gasteiger partial charge >= 0.3 is 0 Å². The number of benzene rings is 13. The summed E-state index contributed by atoms with van der Waals surface area (Å²) in [5.41, 5.74) is 21.5. The Morgan fingerprint density at radius 2 is 0.760 bits per heavy atom.